The van der Waals surface area contributed by atoms with E-state index in [-0.39, 0.29) is 18.2 Å². The fraction of sp³-hybridized carbons (Fsp3) is 0.105. The number of hydrogen-bond donors (Lipinski definition) is 3. The van der Waals surface area contributed by atoms with E-state index in [2.05, 4.69) is 25.3 Å². The van der Waals surface area contributed by atoms with E-state index < -0.39 is 0 Å². The zero-order chi connectivity index (χ0) is 17.1. The quantitative estimate of drug-likeness (QED) is 0.523. The van der Waals surface area contributed by atoms with Gasteiger partial charge in [0.25, 0.3) is 0 Å². The van der Waals surface area contributed by atoms with Crippen LogP contribution in [0.15, 0.2) is 67.0 Å². The van der Waals surface area contributed by atoms with Gasteiger partial charge in [-0.15, -0.1) is 0 Å². The number of aromatic amines is 2. The number of H-pyrrole nitrogens is 2. The predicted molar refractivity (Wildman–Crippen MR) is 96.2 cm³/mol. The maximum atomic E-state index is 12.6. The molecule has 2 heterocycles. The third kappa shape index (κ3) is 3.28. The van der Waals surface area contributed by atoms with Crippen LogP contribution < -0.4 is 5.32 Å². The Kier molecular flexibility index (Phi) is 4.00. The molecule has 0 radical (unpaired) electrons. The van der Waals surface area contributed by atoms with Crippen LogP contribution in [0.4, 0.5) is 5.95 Å². The number of para-hydroxylation sites is 2. The Morgan fingerprint density at radius 1 is 1.08 bits per heavy atom. The second-order valence-electron chi connectivity index (χ2n) is 5.79. The Bertz CT molecular complexity index is 942. The van der Waals surface area contributed by atoms with Crippen molar-refractivity contribution in [3.63, 3.8) is 0 Å². The molecule has 1 amide bonds. The normalized spacial score (nSPS) is 12.2. The van der Waals surface area contributed by atoms with Crippen LogP contribution in [0.5, 0.6) is 0 Å². The zero-order valence-corrected chi connectivity index (χ0v) is 13.4. The van der Waals surface area contributed by atoms with E-state index in [1.807, 2.05) is 54.6 Å². The summed E-state index contributed by atoms with van der Waals surface area (Å²) in [4.78, 5) is 27.5. The first-order valence-electron chi connectivity index (χ1n) is 8.08. The van der Waals surface area contributed by atoms with Crippen LogP contribution in [-0.2, 0) is 4.79 Å². The molecule has 2 aromatic heterocycles. The third-order valence-corrected chi connectivity index (χ3v) is 4.09. The van der Waals surface area contributed by atoms with Gasteiger partial charge in [0.1, 0.15) is 5.82 Å². The molecular formula is C19H17N5O. The number of nitrogens with one attached hydrogen (secondary N) is 3. The Morgan fingerprint density at radius 2 is 1.88 bits per heavy atom. The summed E-state index contributed by atoms with van der Waals surface area (Å²) >= 11 is 0. The second kappa shape index (κ2) is 6.60. The standard InChI is InChI=1S/C19H17N5O/c25-17(24-19-22-15-8-4-5-9-16(15)23-19)12-14(18-20-10-11-21-18)13-6-2-1-3-7-13/h1-11,14H,12H2,(H,20,21)(H2,22,23,24,25). The molecule has 1 atom stereocenters. The van der Waals surface area contributed by atoms with Crippen molar-refractivity contribution < 1.29 is 4.79 Å². The van der Waals surface area contributed by atoms with E-state index in [1.165, 1.54) is 0 Å². The lowest BCUT2D eigenvalue weighted by Gasteiger charge is -2.14. The SMILES string of the molecule is O=C(CC(c1ccccc1)c1ncc[nH]1)Nc1nc2ccccc2[nH]1. The van der Waals surface area contributed by atoms with Gasteiger partial charge < -0.3 is 9.97 Å². The summed E-state index contributed by atoms with van der Waals surface area (Å²) in [5.74, 6) is 0.966. The highest BCUT2D eigenvalue weighted by Crippen LogP contribution is 2.25. The molecule has 0 aliphatic rings. The summed E-state index contributed by atoms with van der Waals surface area (Å²) < 4.78 is 0. The van der Waals surface area contributed by atoms with E-state index in [1.54, 1.807) is 12.4 Å². The molecule has 3 N–H and O–H groups in total. The summed E-state index contributed by atoms with van der Waals surface area (Å²) in [5.41, 5.74) is 2.75. The first kappa shape index (κ1) is 15.1. The van der Waals surface area contributed by atoms with E-state index in [9.17, 15) is 4.79 Å². The zero-order valence-electron chi connectivity index (χ0n) is 13.4. The van der Waals surface area contributed by atoms with Gasteiger partial charge in [0.15, 0.2) is 0 Å². The molecule has 0 aliphatic heterocycles. The largest absolute Gasteiger partial charge is 0.348 e. The molecule has 6 heteroatoms. The Hall–Kier alpha value is -3.41. The number of carbonyl (C=O) groups is 1. The third-order valence-electron chi connectivity index (χ3n) is 4.09. The summed E-state index contributed by atoms with van der Waals surface area (Å²) in [6, 6.07) is 17.5. The number of fused-ring (bicyclic) bond motifs is 1. The fourth-order valence-corrected chi connectivity index (χ4v) is 2.91. The second-order valence-corrected chi connectivity index (χ2v) is 5.79. The van der Waals surface area contributed by atoms with Crippen LogP contribution in [0.3, 0.4) is 0 Å². The Balaban J connectivity index is 1.54. The van der Waals surface area contributed by atoms with E-state index in [4.69, 9.17) is 0 Å². The molecule has 0 saturated carbocycles. The maximum Gasteiger partial charge on any atom is 0.227 e. The van der Waals surface area contributed by atoms with Crippen LogP contribution in [0, 0.1) is 0 Å². The van der Waals surface area contributed by atoms with Gasteiger partial charge in [-0.05, 0) is 17.7 Å². The number of amides is 1. The number of imidazole rings is 2. The fourth-order valence-electron chi connectivity index (χ4n) is 2.91. The van der Waals surface area contributed by atoms with Crippen molar-refractivity contribution in [2.75, 3.05) is 5.32 Å². The maximum absolute atomic E-state index is 12.6. The lowest BCUT2D eigenvalue weighted by molar-refractivity contribution is -0.116. The number of aromatic nitrogens is 4. The van der Waals surface area contributed by atoms with Crippen LogP contribution in [0.25, 0.3) is 11.0 Å². The lowest BCUT2D eigenvalue weighted by atomic mass is 9.94. The number of anilines is 1. The number of nitrogens with zero attached hydrogens (tertiary/aromatic N) is 2. The first-order valence-corrected chi connectivity index (χ1v) is 8.08. The average Bonchev–Trinajstić information content (AvgIpc) is 3.29. The van der Waals surface area contributed by atoms with Crippen molar-refractivity contribution >= 4 is 22.9 Å². The molecule has 0 fully saturated rings. The monoisotopic (exact) mass is 331 g/mol. The topological polar surface area (TPSA) is 86.5 Å². The van der Waals surface area contributed by atoms with Crippen LogP contribution >= 0.6 is 0 Å². The minimum atomic E-state index is -0.138. The molecule has 1 unspecified atom stereocenters. The summed E-state index contributed by atoms with van der Waals surface area (Å²) in [6.07, 6.45) is 3.74. The molecule has 4 aromatic rings. The van der Waals surface area contributed by atoms with Crippen molar-refractivity contribution in [3.8, 4) is 0 Å². The average molecular weight is 331 g/mol. The van der Waals surface area contributed by atoms with Gasteiger partial charge in [0.2, 0.25) is 11.9 Å². The first-order chi connectivity index (χ1) is 12.3. The molecule has 124 valence electrons. The van der Waals surface area contributed by atoms with Gasteiger partial charge >= 0.3 is 0 Å². The highest BCUT2D eigenvalue weighted by atomic mass is 16.1. The molecular weight excluding hydrogens is 314 g/mol. The predicted octanol–water partition coefficient (Wildman–Crippen LogP) is 3.45. The molecule has 0 saturated heterocycles. The molecule has 0 spiro atoms. The van der Waals surface area contributed by atoms with Gasteiger partial charge in [-0.25, -0.2) is 9.97 Å². The minimum Gasteiger partial charge on any atom is -0.348 e. The summed E-state index contributed by atoms with van der Waals surface area (Å²) in [7, 11) is 0. The van der Waals surface area contributed by atoms with Crippen LogP contribution in [0.2, 0.25) is 0 Å². The van der Waals surface area contributed by atoms with Crippen molar-refractivity contribution in [3.05, 3.63) is 78.4 Å². The van der Waals surface area contributed by atoms with Gasteiger partial charge in [-0.1, -0.05) is 42.5 Å². The molecule has 0 aliphatic carbocycles. The number of carbonyl (C=O) groups excluding carboxylic acids is 1. The lowest BCUT2D eigenvalue weighted by Crippen LogP contribution is -2.18. The summed E-state index contributed by atoms with van der Waals surface area (Å²) in [6.45, 7) is 0. The Morgan fingerprint density at radius 3 is 2.64 bits per heavy atom. The highest BCUT2D eigenvalue weighted by Gasteiger charge is 2.21. The van der Waals surface area contributed by atoms with Gasteiger partial charge in [0, 0.05) is 18.8 Å². The summed E-state index contributed by atoms with van der Waals surface area (Å²) in [5, 5.41) is 2.85. The Labute approximate surface area is 144 Å². The van der Waals surface area contributed by atoms with Gasteiger partial charge in [-0.2, -0.15) is 0 Å². The molecule has 25 heavy (non-hydrogen) atoms. The number of rotatable bonds is 5. The van der Waals surface area contributed by atoms with Crippen molar-refractivity contribution in [2.45, 2.75) is 12.3 Å². The smallest absolute Gasteiger partial charge is 0.227 e. The van der Waals surface area contributed by atoms with Gasteiger partial charge in [-0.3, -0.25) is 10.1 Å². The van der Waals surface area contributed by atoms with Crippen molar-refractivity contribution in [2.24, 2.45) is 0 Å². The van der Waals surface area contributed by atoms with Crippen LogP contribution in [-0.4, -0.2) is 25.8 Å². The van der Waals surface area contributed by atoms with Crippen molar-refractivity contribution in [1.29, 1.82) is 0 Å². The van der Waals surface area contributed by atoms with Crippen LogP contribution in [0.1, 0.15) is 23.7 Å². The molecule has 6 nitrogen and oxygen atoms in total. The van der Waals surface area contributed by atoms with E-state index >= 15 is 0 Å². The molecule has 4 rings (SSSR count). The number of benzene rings is 2. The molecule has 2 aromatic carbocycles. The number of hydrogen-bond acceptors (Lipinski definition) is 3. The van der Waals surface area contributed by atoms with Crippen molar-refractivity contribution in [1.82, 2.24) is 19.9 Å². The van der Waals surface area contributed by atoms with Gasteiger partial charge in [0.05, 0.1) is 17.0 Å². The van der Waals surface area contributed by atoms with E-state index in [0.29, 0.717) is 5.95 Å². The molecule has 0 bridgehead atoms. The van der Waals surface area contributed by atoms with E-state index in [0.717, 1.165) is 22.4 Å². The minimum absolute atomic E-state index is 0.121. The highest BCUT2D eigenvalue weighted by molar-refractivity contribution is 5.91.